The number of nitrogens with zero attached hydrogens (tertiary/aromatic N) is 2. The zero-order valence-electron chi connectivity index (χ0n) is 11.5. The Bertz CT molecular complexity index is 373. The summed E-state index contributed by atoms with van der Waals surface area (Å²) in [5.74, 6) is -1.30. The Labute approximate surface area is 113 Å². The van der Waals surface area contributed by atoms with Crippen molar-refractivity contribution in [3.63, 3.8) is 0 Å². The maximum atomic E-state index is 12.3. The lowest BCUT2D eigenvalue weighted by molar-refractivity contribution is -0.142. The van der Waals surface area contributed by atoms with Gasteiger partial charge in [-0.05, 0) is 25.7 Å². The van der Waals surface area contributed by atoms with E-state index in [2.05, 4.69) is 0 Å². The number of carbonyl (C=O) groups excluding carboxylic acids is 1. The summed E-state index contributed by atoms with van der Waals surface area (Å²) in [5.41, 5.74) is -0.682. The zero-order chi connectivity index (χ0) is 14.2. The number of carboxylic acids is 1. The van der Waals surface area contributed by atoms with Crippen LogP contribution in [0.2, 0.25) is 0 Å². The van der Waals surface area contributed by atoms with E-state index >= 15 is 0 Å². The van der Waals surface area contributed by atoms with Crippen LogP contribution in [0.3, 0.4) is 0 Å². The number of amides is 2. The summed E-state index contributed by atoms with van der Waals surface area (Å²) in [4.78, 5) is 26.7. The molecule has 0 aromatic carbocycles. The number of urea groups is 1. The highest BCUT2D eigenvalue weighted by Crippen LogP contribution is 2.26. The predicted octanol–water partition coefficient (Wildman–Crippen LogP) is 0.606. The molecule has 0 saturated carbocycles. The molecule has 2 heterocycles. The highest BCUT2D eigenvalue weighted by molar-refractivity contribution is 5.77. The molecule has 0 bridgehead atoms. The molecule has 108 valence electrons. The van der Waals surface area contributed by atoms with Crippen LogP contribution < -0.4 is 0 Å². The first-order valence-corrected chi connectivity index (χ1v) is 6.79. The monoisotopic (exact) mass is 270 g/mol. The SMILES string of the molecule is CC1CN(C(=O)N2CCC(C)(O)CC2)CC1C(=O)O. The molecule has 2 aliphatic rings. The molecule has 0 aromatic heterocycles. The van der Waals surface area contributed by atoms with E-state index in [-0.39, 0.29) is 11.9 Å². The van der Waals surface area contributed by atoms with Gasteiger partial charge in [0.25, 0.3) is 0 Å². The standard InChI is InChI=1S/C13H22N2O4/c1-9-7-15(8-10(9)11(16)17)12(18)14-5-3-13(2,19)4-6-14/h9-10,19H,3-8H2,1-2H3,(H,16,17). The maximum Gasteiger partial charge on any atom is 0.320 e. The molecule has 2 atom stereocenters. The summed E-state index contributed by atoms with van der Waals surface area (Å²) in [6.45, 7) is 5.52. The number of hydrogen-bond acceptors (Lipinski definition) is 3. The number of rotatable bonds is 1. The van der Waals surface area contributed by atoms with E-state index < -0.39 is 17.5 Å². The average molecular weight is 270 g/mol. The smallest absolute Gasteiger partial charge is 0.320 e. The summed E-state index contributed by atoms with van der Waals surface area (Å²) in [5, 5.41) is 18.9. The molecule has 2 saturated heterocycles. The van der Waals surface area contributed by atoms with Crippen molar-refractivity contribution in [2.24, 2.45) is 11.8 Å². The highest BCUT2D eigenvalue weighted by Gasteiger charge is 2.39. The minimum atomic E-state index is -0.829. The lowest BCUT2D eigenvalue weighted by Crippen LogP contribution is -2.49. The first-order chi connectivity index (χ1) is 8.80. The van der Waals surface area contributed by atoms with Crippen molar-refractivity contribution < 1.29 is 19.8 Å². The fourth-order valence-electron chi connectivity index (χ4n) is 2.82. The van der Waals surface area contributed by atoms with Crippen LogP contribution in [-0.4, -0.2) is 63.8 Å². The summed E-state index contributed by atoms with van der Waals surface area (Å²) >= 11 is 0. The largest absolute Gasteiger partial charge is 0.481 e. The fraction of sp³-hybridized carbons (Fsp3) is 0.846. The highest BCUT2D eigenvalue weighted by atomic mass is 16.4. The first-order valence-electron chi connectivity index (χ1n) is 6.79. The number of aliphatic hydroxyl groups is 1. The van der Waals surface area contributed by atoms with Gasteiger partial charge in [0.1, 0.15) is 0 Å². The zero-order valence-corrected chi connectivity index (χ0v) is 11.5. The molecule has 6 heteroatoms. The Morgan fingerprint density at radius 2 is 1.74 bits per heavy atom. The molecule has 2 aliphatic heterocycles. The number of hydrogen-bond donors (Lipinski definition) is 2. The van der Waals surface area contributed by atoms with Crippen LogP contribution in [0.5, 0.6) is 0 Å². The lowest BCUT2D eigenvalue weighted by atomic mass is 9.94. The van der Waals surface area contributed by atoms with Crippen LogP contribution in [0.4, 0.5) is 4.79 Å². The summed E-state index contributed by atoms with van der Waals surface area (Å²) in [6, 6.07) is -0.0916. The minimum absolute atomic E-state index is 0.00523. The van der Waals surface area contributed by atoms with Gasteiger partial charge in [0.2, 0.25) is 0 Å². The van der Waals surface area contributed by atoms with E-state index in [0.717, 1.165) is 0 Å². The second kappa shape index (κ2) is 5.00. The number of piperidine rings is 1. The van der Waals surface area contributed by atoms with Crippen molar-refractivity contribution in [2.45, 2.75) is 32.3 Å². The average Bonchev–Trinajstić information content (AvgIpc) is 2.70. The molecule has 6 nitrogen and oxygen atoms in total. The van der Waals surface area contributed by atoms with E-state index in [1.807, 2.05) is 6.92 Å². The van der Waals surface area contributed by atoms with Crippen LogP contribution in [0.15, 0.2) is 0 Å². The molecule has 19 heavy (non-hydrogen) atoms. The van der Waals surface area contributed by atoms with Gasteiger partial charge < -0.3 is 20.0 Å². The second-order valence-electron chi connectivity index (χ2n) is 6.09. The molecular weight excluding hydrogens is 248 g/mol. The van der Waals surface area contributed by atoms with Gasteiger partial charge in [0.05, 0.1) is 11.5 Å². The minimum Gasteiger partial charge on any atom is -0.481 e. The van der Waals surface area contributed by atoms with Gasteiger partial charge in [-0.3, -0.25) is 4.79 Å². The molecule has 2 unspecified atom stereocenters. The molecule has 0 spiro atoms. The number of carboxylic acid groups (broad SMARTS) is 1. The number of aliphatic carboxylic acids is 1. The van der Waals surface area contributed by atoms with Gasteiger partial charge in [0, 0.05) is 26.2 Å². The maximum absolute atomic E-state index is 12.3. The second-order valence-corrected chi connectivity index (χ2v) is 6.09. The van der Waals surface area contributed by atoms with Gasteiger partial charge >= 0.3 is 12.0 Å². The predicted molar refractivity (Wildman–Crippen MR) is 68.7 cm³/mol. The Balaban J connectivity index is 1.93. The van der Waals surface area contributed by atoms with E-state index in [4.69, 9.17) is 5.11 Å². The fourth-order valence-corrected chi connectivity index (χ4v) is 2.82. The van der Waals surface area contributed by atoms with Crippen molar-refractivity contribution >= 4 is 12.0 Å². The van der Waals surface area contributed by atoms with E-state index in [9.17, 15) is 14.7 Å². The van der Waals surface area contributed by atoms with Crippen molar-refractivity contribution in [3.8, 4) is 0 Å². The molecular formula is C13H22N2O4. The molecule has 0 aliphatic carbocycles. The summed E-state index contributed by atoms with van der Waals surface area (Å²) in [7, 11) is 0. The van der Waals surface area contributed by atoms with Crippen molar-refractivity contribution in [1.82, 2.24) is 9.80 Å². The van der Waals surface area contributed by atoms with Crippen LogP contribution in [0.1, 0.15) is 26.7 Å². The van der Waals surface area contributed by atoms with Gasteiger partial charge in [0.15, 0.2) is 0 Å². The Morgan fingerprint density at radius 1 is 1.16 bits per heavy atom. The van der Waals surface area contributed by atoms with Crippen LogP contribution in [0.25, 0.3) is 0 Å². The quantitative estimate of drug-likeness (QED) is 0.731. The Kier molecular flexibility index (Phi) is 3.71. The molecule has 0 radical (unpaired) electrons. The molecule has 0 aromatic rings. The first kappa shape index (κ1) is 14.1. The van der Waals surface area contributed by atoms with Crippen LogP contribution in [-0.2, 0) is 4.79 Å². The molecule has 2 rings (SSSR count). The van der Waals surface area contributed by atoms with Crippen molar-refractivity contribution in [2.75, 3.05) is 26.2 Å². The number of likely N-dealkylation sites (tertiary alicyclic amines) is 2. The van der Waals surface area contributed by atoms with Gasteiger partial charge in [-0.2, -0.15) is 0 Å². The van der Waals surface area contributed by atoms with Gasteiger partial charge in [-0.25, -0.2) is 4.79 Å². The van der Waals surface area contributed by atoms with Crippen molar-refractivity contribution in [1.29, 1.82) is 0 Å². The van der Waals surface area contributed by atoms with E-state index in [0.29, 0.717) is 39.0 Å². The van der Waals surface area contributed by atoms with E-state index in [1.165, 1.54) is 0 Å². The van der Waals surface area contributed by atoms with Crippen molar-refractivity contribution in [3.05, 3.63) is 0 Å². The van der Waals surface area contributed by atoms with E-state index in [1.54, 1.807) is 16.7 Å². The Hall–Kier alpha value is -1.30. The van der Waals surface area contributed by atoms with Gasteiger partial charge in [-0.1, -0.05) is 6.92 Å². The van der Waals surface area contributed by atoms with Crippen LogP contribution in [0, 0.1) is 11.8 Å². The molecule has 2 amide bonds. The van der Waals surface area contributed by atoms with Gasteiger partial charge in [-0.15, -0.1) is 0 Å². The molecule has 2 N–H and O–H groups in total. The third-order valence-electron chi connectivity index (χ3n) is 4.31. The third kappa shape index (κ3) is 3.00. The lowest BCUT2D eigenvalue weighted by Gasteiger charge is -2.37. The summed E-state index contributed by atoms with van der Waals surface area (Å²) in [6.07, 6.45) is 1.15. The normalized spacial score (nSPS) is 30.5. The third-order valence-corrected chi connectivity index (χ3v) is 4.31. The number of carbonyl (C=O) groups is 2. The molecule has 2 fully saturated rings. The topological polar surface area (TPSA) is 81.1 Å². The summed E-state index contributed by atoms with van der Waals surface area (Å²) < 4.78 is 0. The Morgan fingerprint density at radius 3 is 2.21 bits per heavy atom. The van der Waals surface area contributed by atoms with Crippen LogP contribution >= 0.6 is 0 Å².